The van der Waals surface area contributed by atoms with Gasteiger partial charge in [0, 0.05) is 24.4 Å². The van der Waals surface area contributed by atoms with Crippen molar-refractivity contribution in [1.82, 2.24) is 9.53 Å². The van der Waals surface area contributed by atoms with Gasteiger partial charge in [0.2, 0.25) is 10.0 Å². The van der Waals surface area contributed by atoms with E-state index in [0.29, 0.717) is 25.3 Å². The van der Waals surface area contributed by atoms with Crippen LogP contribution in [0.15, 0.2) is 0 Å². The van der Waals surface area contributed by atoms with Crippen LogP contribution in [0.3, 0.4) is 0 Å². The minimum atomic E-state index is -3.48. The molecule has 0 spiro atoms. The van der Waals surface area contributed by atoms with Crippen molar-refractivity contribution in [2.75, 3.05) is 18.8 Å². The largest absolute Gasteiger partial charge is 0.350 e. The molecule has 0 amide bonds. The van der Waals surface area contributed by atoms with Gasteiger partial charge in [-0.05, 0) is 43.6 Å². The number of nitrogens with zero attached hydrogens (tertiary/aromatic N) is 1. The van der Waals surface area contributed by atoms with E-state index in [2.05, 4.69) is 18.6 Å². The Hall–Kier alpha value is -0.395. The summed E-state index contributed by atoms with van der Waals surface area (Å²) in [7, 11) is 2.36. The first kappa shape index (κ1) is 16.5. The SMILES string of the molecule is [B]N1CCC[C@H]1CNS(=O)(=O)C[C@]12CCC(CC1=O)C2(C)C. The Morgan fingerprint density at radius 3 is 2.59 bits per heavy atom. The molecular weight excluding hydrogens is 299 g/mol. The molecule has 3 fully saturated rings. The van der Waals surface area contributed by atoms with Gasteiger partial charge in [-0.2, -0.15) is 0 Å². The first-order chi connectivity index (χ1) is 10.2. The maximum Gasteiger partial charge on any atom is 0.212 e. The van der Waals surface area contributed by atoms with E-state index in [4.69, 9.17) is 7.98 Å². The summed E-state index contributed by atoms with van der Waals surface area (Å²) in [5.74, 6) is 0.407. The monoisotopic (exact) mass is 324 g/mol. The Bertz CT molecular complexity index is 577. The predicted molar refractivity (Wildman–Crippen MR) is 85.8 cm³/mol. The highest BCUT2D eigenvalue weighted by molar-refractivity contribution is 7.89. The highest BCUT2D eigenvalue weighted by Crippen LogP contribution is 2.64. The van der Waals surface area contributed by atoms with Gasteiger partial charge in [0.15, 0.2) is 7.98 Å². The zero-order chi connectivity index (χ0) is 16.2. The van der Waals surface area contributed by atoms with E-state index in [9.17, 15) is 13.2 Å². The van der Waals surface area contributed by atoms with E-state index in [1.165, 1.54) is 0 Å². The van der Waals surface area contributed by atoms with Gasteiger partial charge >= 0.3 is 0 Å². The van der Waals surface area contributed by atoms with Crippen LogP contribution in [0.4, 0.5) is 0 Å². The maximum atomic E-state index is 12.5. The van der Waals surface area contributed by atoms with Gasteiger partial charge < -0.3 is 4.81 Å². The van der Waals surface area contributed by atoms with Crippen LogP contribution < -0.4 is 4.72 Å². The van der Waals surface area contributed by atoms with E-state index >= 15 is 0 Å². The number of sulfonamides is 1. The molecule has 7 heteroatoms. The molecule has 0 aromatic rings. The van der Waals surface area contributed by atoms with Gasteiger partial charge in [-0.1, -0.05) is 13.8 Å². The topological polar surface area (TPSA) is 66.5 Å². The van der Waals surface area contributed by atoms with E-state index < -0.39 is 15.4 Å². The van der Waals surface area contributed by atoms with Crippen molar-refractivity contribution in [3.05, 3.63) is 0 Å². The number of carbonyl (C=O) groups excluding carboxylic acids is 1. The predicted octanol–water partition coefficient (Wildman–Crippen LogP) is 0.849. The van der Waals surface area contributed by atoms with Crippen molar-refractivity contribution in [1.29, 1.82) is 0 Å². The van der Waals surface area contributed by atoms with Crippen LogP contribution in [0, 0.1) is 16.7 Å². The molecule has 1 saturated heterocycles. The first-order valence-corrected chi connectivity index (χ1v) is 9.85. The zero-order valence-corrected chi connectivity index (χ0v) is 14.3. The Balaban J connectivity index is 1.70. The number of carbonyl (C=O) groups is 1. The van der Waals surface area contributed by atoms with Gasteiger partial charge in [-0.3, -0.25) is 4.79 Å². The number of rotatable bonds is 5. The third-order valence-corrected chi connectivity index (χ3v) is 8.02. The van der Waals surface area contributed by atoms with Crippen molar-refractivity contribution in [3.8, 4) is 0 Å². The minimum Gasteiger partial charge on any atom is -0.350 e. The lowest BCUT2D eigenvalue weighted by Crippen LogP contribution is -2.47. The number of fused-ring (bicyclic) bond motifs is 2. The molecule has 2 saturated carbocycles. The van der Waals surface area contributed by atoms with E-state index in [-0.39, 0.29) is 23.0 Å². The lowest BCUT2D eigenvalue weighted by Gasteiger charge is -2.36. The summed E-state index contributed by atoms with van der Waals surface area (Å²) in [4.78, 5) is 14.1. The minimum absolute atomic E-state index is 0.0656. The molecule has 122 valence electrons. The van der Waals surface area contributed by atoms with Crippen molar-refractivity contribution in [2.24, 2.45) is 16.7 Å². The summed E-state index contributed by atoms with van der Waals surface area (Å²) in [6, 6.07) is 0.0656. The van der Waals surface area contributed by atoms with Gasteiger partial charge in [0.05, 0.1) is 5.75 Å². The number of nitrogens with one attached hydrogen (secondary N) is 1. The zero-order valence-electron chi connectivity index (χ0n) is 13.5. The molecule has 2 radical (unpaired) electrons. The molecule has 1 aliphatic heterocycles. The molecule has 0 aromatic heterocycles. The fourth-order valence-corrected chi connectivity index (χ4v) is 6.66. The molecule has 1 unspecified atom stereocenters. The van der Waals surface area contributed by atoms with Crippen LogP contribution in [0.1, 0.15) is 46.0 Å². The molecule has 1 N–H and O–H groups in total. The van der Waals surface area contributed by atoms with Crippen molar-refractivity contribution in [3.63, 3.8) is 0 Å². The Labute approximate surface area is 134 Å². The van der Waals surface area contributed by atoms with Gasteiger partial charge in [-0.15, -0.1) is 0 Å². The van der Waals surface area contributed by atoms with Crippen LogP contribution in [0.25, 0.3) is 0 Å². The number of hydrogen-bond acceptors (Lipinski definition) is 4. The van der Waals surface area contributed by atoms with Gasteiger partial charge in [0.25, 0.3) is 0 Å². The van der Waals surface area contributed by atoms with E-state index in [1.54, 1.807) is 4.81 Å². The maximum absolute atomic E-state index is 12.5. The second-order valence-corrected chi connectivity index (χ2v) is 9.61. The normalized spacial score (nSPS) is 38.0. The molecular formula is C15H25BN2O3S. The molecule has 5 nitrogen and oxygen atoms in total. The molecule has 3 rings (SSSR count). The molecule has 0 aromatic carbocycles. The van der Waals surface area contributed by atoms with Gasteiger partial charge in [-0.25, -0.2) is 13.1 Å². The van der Waals surface area contributed by atoms with Crippen LogP contribution >= 0.6 is 0 Å². The molecule has 2 aliphatic carbocycles. The molecule has 3 aliphatic rings. The molecule has 22 heavy (non-hydrogen) atoms. The summed E-state index contributed by atoms with van der Waals surface area (Å²) in [6.45, 7) is 5.27. The summed E-state index contributed by atoms with van der Waals surface area (Å²) in [5, 5.41) is 0. The molecule has 2 bridgehead atoms. The number of hydrogen-bond donors (Lipinski definition) is 1. The third kappa shape index (κ3) is 2.45. The summed E-state index contributed by atoms with van der Waals surface area (Å²) >= 11 is 0. The van der Waals surface area contributed by atoms with E-state index in [1.807, 2.05) is 0 Å². The van der Waals surface area contributed by atoms with Crippen molar-refractivity contribution in [2.45, 2.75) is 52.0 Å². The highest BCUT2D eigenvalue weighted by Gasteiger charge is 2.65. The lowest BCUT2D eigenvalue weighted by molar-refractivity contribution is -0.128. The van der Waals surface area contributed by atoms with Crippen molar-refractivity contribution < 1.29 is 13.2 Å². The number of ketones is 1. The van der Waals surface area contributed by atoms with Crippen molar-refractivity contribution >= 4 is 23.8 Å². The molecule has 3 atom stereocenters. The van der Waals surface area contributed by atoms with Crippen LogP contribution in [-0.4, -0.2) is 51.9 Å². The highest BCUT2D eigenvalue weighted by atomic mass is 32.2. The Kier molecular flexibility index (Phi) is 3.98. The number of Topliss-reactive ketones (excluding diaryl/α,β-unsaturated/α-hetero) is 1. The fourth-order valence-electron chi connectivity index (χ4n) is 4.78. The summed E-state index contributed by atoms with van der Waals surface area (Å²) in [6.07, 6.45) is 4.13. The lowest BCUT2D eigenvalue weighted by atomic mass is 9.70. The van der Waals surface area contributed by atoms with Crippen LogP contribution in [-0.2, 0) is 14.8 Å². The summed E-state index contributed by atoms with van der Waals surface area (Å²) < 4.78 is 27.8. The second-order valence-electron chi connectivity index (χ2n) is 7.81. The van der Waals surface area contributed by atoms with Crippen LogP contribution in [0.2, 0.25) is 0 Å². The first-order valence-electron chi connectivity index (χ1n) is 8.20. The van der Waals surface area contributed by atoms with E-state index in [0.717, 1.165) is 25.8 Å². The second kappa shape index (κ2) is 5.31. The standard InChI is InChI=1S/C15H25BN2O3S/c1-14(2)11-5-6-15(14,13(19)8-11)10-22(20,21)17-9-12-4-3-7-18(12)16/h11-12,17H,3-10H2,1-2H3/t11?,12-,15+/m0/s1. The quantitative estimate of drug-likeness (QED) is 0.762. The third-order valence-electron chi connectivity index (χ3n) is 6.54. The summed E-state index contributed by atoms with van der Waals surface area (Å²) in [5.41, 5.74) is -0.909. The average molecular weight is 324 g/mol. The molecule has 1 heterocycles. The fraction of sp³-hybridized carbons (Fsp3) is 0.933. The van der Waals surface area contributed by atoms with Gasteiger partial charge in [0.1, 0.15) is 5.78 Å². The van der Waals surface area contributed by atoms with Crippen LogP contribution in [0.5, 0.6) is 0 Å². The Morgan fingerprint density at radius 2 is 2.09 bits per heavy atom. The average Bonchev–Trinajstić information content (AvgIpc) is 2.98. The Morgan fingerprint density at radius 1 is 1.36 bits per heavy atom. The smallest absolute Gasteiger partial charge is 0.212 e.